The van der Waals surface area contributed by atoms with E-state index in [1.807, 2.05) is 30.3 Å². The highest BCUT2D eigenvalue weighted by Gasteiger charge is 2.07. The molecule has 1 aromatic carbocycles. The molecule has 0 aliphatic carbocycles. The van der Waals surface area contributed by atoms with E-state index in [0.717, 1.165) is 17.3 Å². The molecule has 1 heterocycles. The van der Waals surface area contributed by atoms with Gasteiger partial charge in [0.05, 0.1) is 5.52 Å². The lowest BCUT2D eigenvalue weighted by Gasteiger charge is -2.02. The zero-order valence-electron chi connectivity index (χ0n) is 9.85. The summed E-state index contributed by atoms with van der Waals surface area (Å²) in [6.45, 7) is 0.610. The van der Waals surface area contributed by atoms with Gasteiger partial charge in [-0.25, -0.2) is 4.98 Å². The number of carbonyl (C=O) groups is 1. The first-order chi connectivity index (χ1) is 8.31. The monoisotopic (exact) mass is 229 g/mol. The second-order valence-electron chi connectivity index (χ2n) is 3.91. The van der Waals surface area contributed by atoms with Crippen LogP contribution in [0.3, 0.4) is 0 Å². The van der Waals surface area contributed by atoms with Crippen molar-refractivity contribution in [1.29, 1.82) is 0 Å². The van der Waals surface area contributed by atoms with Crippen molar-refractivity contribution >= 4 is 16.7 Å². The molecule has 0 aliphatic heterocycles. The van der Waals surface area contributed by atoms with Crippen LogP contribution in [0.1, 0.15) is 23.3 Å². The predicted octanol–water partition coefficient (Wildman–Crippen LogP) is 2.84. The Kier molecular flexibility index (Phi) is 3.83. The second kappa shape index (κ2) is 5.55. The summed E-state index contributed by atoms with van der Waals surface area (Å²) in [5.41, 5.74) is 1.41. The Labute approximate surface area is 100 Å². The van der Waals surface area contributed by atoms with Gasteiger partial charge in [0, 0.05) is 25.5 Å². The highest BCUT2D eigenvalue weighted by atomic mass is 16.5. The van der Waals surface area contributed by atoms with Crippen LogP contribution in [-0.2, 0) is 4.74 Å². The molecular weight excluding hydrogens is 214 g/mol. The summed E-state index contributed by atoms with van der Waals surface area (Å²) in [6.07, 6.45) is 1.23. The fourth-order valence-corrected chi connectivity index (χ4v) is 1.73. The van der Waals surface area contributed by atoms with Gasteiger partial charge in [-0.15, -0.1) is 0 Å². The van der Waals surface area contributed by atoms with Crippen molar-refractivity contribution in [3.05, 3.63) is 42.1 Å². The number of fused-ring (bicyclic) bond motifs is 1. The van der Waals surface area contributed by atoms with Crippen LogP contribution < -0.4 is 0 Å². The number of aromatic nitrogens is 1. The zero-order valence-corrected chi connectivity index (χ0v) is 9.85. The Morgan fingerprint density at radius 1 is 1.24 bits per heavy atom. The van der Waals surface area contributed by atoms with Crippen LogP contribution in [0.25, 0.3) is 10.9 Å². The van der Waals surface area contributed by atoms with Gasteiger partial charge in [0.1, 0.15) is 5.69 Å². The van der Waals surface area contributed by atoms with Crippen molar-refractivity contribution in [2.45, 2.75) is 12.8 Å². The zero-order chi connectivity index (χ0) is 12.1. The van der Waals surface area contributed by atoms with Gasteiger partial charge in [0.2, 0.25) is 0 Å². The second-order valence-corrected chi connectivity index (χ2v) is 3.91. The van der Waals surface area contributed by atoms with Crippen molar-refractivity contribution in [1.82, 2.24) is 4.98 Å². The van der Waals surface area contributed by atoms with Crippen LogP contribution in [0, 0.1) is 0 Å². The van der Waals surface area contributed by atoms with E-state index in [9.17, 15) is 4.79 Å². The first kappa shape index (κ1) is 11.7. The summed E-state index contributed by atoms with van der Waals surface area (Å²) in [7, 11) is 1.64. The Balaban J connectivity index is 2.15. The third-order valence-corrected chi connectivity index (χ3v) is 2.64. The molecule has 0 atom stereocenters. The largest absolute Gasteiger partial charge is 0.385 e. The fourth-order valence-electron chi connectivity index (χ4n) is 1.73. The number of hydrogen-bond acceptors (Lipinski definition) is 3. The van der Waals surface area contributed by atoms with Gasteiger partial charge in [-0.2, -0.15) is 0 Å². The minimum Gasteiger partial charge on any atom is -0.385 e. The molecule has 2 aromatic rings. The minimum absolute atomic E-state index is 0.0767. The van der Waals surface area contributed by atoms with E-state index in [1.54, 1.807) is 13.2 Å². The quantitative estimate of drug-likeness (QED) is 0.584. The average Bonchev–Trinajstić information content (AvgIpc) is 2.38. The van der Waals surface area contributed by atoms with Gasteiger partial charge in [-0.05, 0) is 18.6 Å². The number of nitrogens with zero attached hydrogens (tertiary/aromatic N) is 1. The first-order valence-corrected chi connectivity index (χ1v) is 5.69. The maximum atomic E-state index is 11.8. The molecule has 0 bridgehead atoms. The molecule has 0 spiro atoms. The normalized spacial score (nSPS) is 10.6. The number of carbonyl (C=O) groups excluding carboxylic acids is 1. The number of ether oxygens (including phenoxy) is 1. The lowest BCUT2D eigenvalue weighted by Crippen LogP contribution is -2.03. The van der Waals surface area contributed by atoms with Crippen LogP contribution in [0.2, 0.25) is 0 Å². The fraction of sp³-hybridized carbons (Fsp3) is 0.286. The Bertz CT molecular complexity index is 522. The lowest BCUT2D eigenvalue weighted by atomic mass is 10.1. The van der Waals surface area contributed by atoms with Gasteiger partial charge in [-0.1, -0.05) is 24.3 Å². The van der Waals surface area contributed by atoms with Gasteiger partial charge in [0.25, 0.3) is 0 Å². The molecule has 0 amide bonds. The van der Waals surface area contributed by atoms with Gasteiger partial charge < -0.3 is 4.74 Å². The topological polar surface area (TPSA) is 39.2 Å². The third-order valence-electron chi connectivity index (χ3n) is 2.64. The molecule has 3 nitrogen and oxygen atoms in total. The molecule has 0 N–H and O–H groups in total. The van der Waals surface area contributed by atoms with E-state index in [-0.39, 0.29) is 5.78 Å². The summed E-state index contributed by atoms with van der Waals surface area (Å²) in [4.78, 5) is 16.2. The minimum atomic E-state index is 0.0767. The molecule has 0 unspecified atom stereocenters. The number of para-hydroxylation sites is 1. The maximum absolute atomic E-state index is 11.8. The molecular formula is C14H15NO2. The molecule has 3 heteroatoms. The highest BCUT2D eigenvalue weighted by Crippen LogP contribution is 2.13. The summed E-state index contributed by atoms with van der Waals surface area (Å²) in [5.74, 6) is 0.0767. The van der Waals surface area contributed by atoms with Crippen LogP contribution in [0.5, 0.6) is 0 Å². The van der Waals surface area contributed by atoms with E-state index in [2.05, 4.69) is 4.98 Å². The predicted molar refractivity (Wildman–Crippen MR) is 67.2 cm³/mol. The van der Waals surface area contributed by atoms with E-state index < -0.39 is 0 Å². The van der Waals surface area contributed by atoms with E-state index in [4.69, 9.17) is 4.74 Å². The third kappa shape index (κ3) is 2.88. The smallest absolute Gasteiger partial charge is 0.181 e. The van der Waals surface area contributed by atoms with Crippen molar-refractivity contribution < 1.29 is 9.53 Å². The number of benzene rings is 1. The summed E-state index contributed by atoms with van der Waals surface area (Å²) >= 11 is 0. The molecule has 17 heavy (non-hydrogen) atoms. The first-order valence-electron chi connectivity index (χ1n) is 5.69. The summed E-state index contributed by atoms with van der Waals surface area (Å²) in [5, 5.41) is 1.06. The van der Waals surface area contributed by atoms with Gasteiger partial charge in [-0.3, -0.25) is 4.79 Å². The highest BCUT2D eigenvalue weighted by molar-refractivity contribution is 5.96. The van der Waals surface area contributed by atoms with Crippen LogP contribution in [0.15, 0.2) is 36.4 Å². The van der Waals surface area contributed by atoms with Crippen molar-refractivity contribution in [2.75, 3.05) is 13.7 Å². The number of hydrogen-bond donors (Lipinski definition) is 0. The van der Waals surface area contributed by atoms with Crippen LogP contribution in [0.4, 0.5) is 0 Å². The molecule has 1 aromatic heterocycles. The number of ketones is 1. The van der Waals surface area contributed by atoms with Gasteiger partial charge in [0.15, 0.2) is 5.78 Å². The molecule has 0 saturated carbocycles. The molecule has 2 rings (SSSR count). The number of Topliss-reactive ketones (excluding diaryl/α,β-unsaturated/α-hetero) is 1. The van der Waals surface area contributed by atoms with E-state index in [1.165, 1.54) is 0 Å². The maximum Gasteiger partial charge on any atom is 0.181 e. The summed E-state index contributed by atoms with van der Waals surface area (Å²) < 4.78 is 4.93. The number of pyridine rings is 1. The Hall–Kier alpha value is -1.74. The van der Waals surface area contributed by atoms with Crippen molar-refractivity contribution in [3.8, 4) is 0 Å². The number of methoxy groups -OCH3 is 1. The SMILES string of the molecule is COCCCC(=O)c1ccc2ccccc2n1. The summed E-state index contributed by atoms with van der Waals surface area (Å²) in [6, 6.07) is 11.5. The van der Waals surface area contributed by atoms with Crippen molar-refractivity contribution in [3.63, 3.8) is 0 Å². The van der Waals surface area contributed by atoms with Gasteiger partial charge >= 0.3 is 0 Å². The lowest BCUT2D eigenvalue weighted by molar-refractivity contribution is 0.0959. The van der Waals surface area contributed by atoms with Crippen LogP contribution >= 0.6 is 0 Å². The van der Waals surface area contributed by atoms with E-state index in [0.29, 0.717) is 18.7 Å². The average molecular weight is 229 g/mol. The molecule has 0 fully saturated rings. The number of rotatable bonds is 5. The standard InChI is InChI=1S/C14H15NO2/c1-17-10-4-7-14(16)13-9-8-11-5-2-3-6-12(11)15-13/h2-3,5-6,8-9H,4,7,10H2,1H3. The molecule has 0 radical (unpaired) electrons. The molecule has 0 saturated heterocycles. The molecule has 0 aliphatic rings. The van der Waals surface area contributed by atoms with Crippen LogP contribution in [-0.4, -0.2) is 24.5 Å². The van der Waals surface area contributed by atoms with E-state index >= 15 is 0 Å². The molecule has 88 valence electrons. The Morgan fingerprint density at radius 2 is 2.06 bits per heavy atom. The Morgan fingerprint density at radius 3 is 2.88 bits per heavy atom. The van der Waals surface area contributed by atoms with Crippen molar-refractivity contribution in [2.24, 2.45) is 0 Å².